The van der Waals surface area contributed by atoms with Gasteiger partial charge in [-0.25, -0.2) is 13.4 Å². The molecule has 2 aliphatic heterocycles. The molecule has 1 amide bonds. The van der Waals surface area contributed by atoms with Gasteiger partial charge in [0.15, 0.2) is 0 Å². The predicted octanol–water partition coefficient (Wildman–Crippen LogP) is 0.730. The molecule has 2 fully saturated rings. The number of amides is 1. The summed E-state index contributed by atoms with van der Waals surface area (Å²) in [6.07, 6.45) is 2.67. The highest BCUT2D eigenvalue weighted by Gasteiger charge is 2.40. The second-order valence-corrected chi connectivity index (χ2v) is 7.20. The van der Waals surface area contributed by atoms with E-state index in [0.29, 0.717) is 32.5 Å². The topological polar surface area (TPSA) is 70.6 Å². The summed E-state index contributed by atoms with van der Waals surface area (Å²) >= 11 is 5.88. The van der Waals surface area contributed by atoms with Gasteiger partial charge in [-0.1, -0.05) is 11.6 Å². The van der Waals surface area contributed by atoms with E-state index >= 15 is 0 Å². The van der Waals surface area contributed by atoms with Gasteiger partial charge in [0.1, 0.15) is 10.0 Å². The number of fused-ring (bicyclic) bond motifs is 1. The molecule has 8 heteroatoms. The van der Waals surface area contributed by atoms with Crippen LogP contribution >= 0.6 is 11.6 Å². The van der Waals surface area contributed by atoms with Gasteiger partial charge < -0.3 is 4.90 Å². The second-order valence-electron chi connectivity index (χ2n) is 4.94. The molecule has 0 aromatic carbocycles. The molecule has 1 aromatic rings. The Morgan fingerprint density at radius 1 is 1.35 bits per heavy atom. The Kier molecular flexibility index (Phi) is 3.43. The van der Waals surface area contributed by atoms with Crippen molar-refractivity contribution in [1.82, 2.24) is 14.2 Å². The quantitative estimate of drug-likeness (QED) is 0.754. The normalized spacial score (nSPS) is 23.9. The minimum absolute atomic E-state index is 0.0125. The summed E-state index contributed by atoms with van der Waals surface area (Å²) in [6, 6.07) is 2.99. The number of hydrogen-bond donors (Lipinski definition) is 0. The number of sulfonamides is 1. The van der Waals surface area contributed by atoms with E-state index in [1.165, 1.54) is 16.6 Å². The van der Waals surface area contributed by atoms with Crippen molar-refractivity contribution in [3.8, 4) is 0 Å². The second kappa shape index (κ2) is 4.98. The van der Waals surface area contributed by atoms with Crippen molar-refractivity contribution in [2.45, 2.75) is 23.8 Å². The van der Waals surface area contributed by atoms with Gasteiger partial charge in [-0.05, 0) is 18.6 Å². The Hall–Kier alpha value is -1.18. The molecule has 0 N–H and O–H groups in total. The maximum Gasteiger partial charge on any atom is 0.246 e. The van der Waals surface area contributed by atoms with Crippen molar-refractivity contribution in [3.63, 3.8) is 0 Å². The van der Waals surface area contributed by atoms with E-state index in [4.69, 9.17) is 11.6 Å². The van der Waals surface area contributed by atoms with Crippen LogP contribution in [-0.2, 0) is 14.8 Å². The largest absolute Gasteiger partial charge is 0.337 e. The maximum absolute atomic E-state index is 12.6. The zero-order valence-electron chi connectivity index (χ0n) is 10.7. The number of halogens is 1. The number of pyridine rings is 1. The van der Waals surface area contributed by atoms with Gasteiger partial charge in [0, 0.05) is 38.3 Å². The molecular weight excluding hydrogens is 302 g/mol. The number of carbonyl (C=O) groups excluding carboxylic acids is 1. The highest BCUT2D eigenvalue weighted by molar-refractivity contribution is 7.89. The van der Waals surface area contributed by atoms with Crippen LogP contribution in [0, 0.1) is 0 Å². The van der Waals surface area contributed by atoms with Crippen LogP contribution in [-0.4, -0.2) is 54.2 Å². The first kappa shape index (κ1) is 13.8. The number of aromatic nitrogens is 1. The fraction of sp³-hybridized carbons (Fsp3) is 0.500. The molecule has 0 aliphatic carbocycles. The van der Waals surface area contributed by atoms with Crippen molar-refractivity contribution in [2.75, 3.05) is 19.6 Å². The molecule has 0 bridgehead atoms. The van der Waals surface area contributed by atoms with Crippen molar-refractivity contribution >= 4 is 27.5 Å². The monoisotopic (exact) mass is 315 g/mol. The minimum Gasteiger partial charge on any atom is -0.337 e. The molecule has 3 rings (SSSR count). The third-order valence-corrected chi connectivity index (χ3v) is 6.11. The zero-order valence-corrected chi connectivity index (χ0v) is 12.3. The van der Waals surface area contributed by atoms with Crippen LogP contribution < -0.4 is 0 Å². The Morgan fingerprint density at radius 2 is 2.15 bits per heavy atom. The average molecular weight is 316 g/mol. The Bertz CT molecular complexity index is 649. The molecular formula is C12H14ClN3O3S. The van der Waals surface area contributed by atoms with Gasteiger partial charge in [0.2, 0.25) is 15.9 Å². The van der Waals surface area contributed by atoms with Crippen LogP contribution in [0.5, 0.6) is 0 Å². The van der Waals surface area contributed by atoms with Gasteiger partial charge in [0.05, 0.1) is 0 Å². The van der Waals surface area contributed by atoms with Gasteiger partial charge in [-0.2, -0.15) is 4.31 Å². The summed E-state index contributed by atoms with van der Waals surface area (Å²) in [5.41, 5.74) is 0. The smallest absolute Gasteiger partial charge is 0.246 e. The first-order valence-corrected chi connectivity index (χ1v) is 8.22. The molecule has 20 heavy (non-hydrogen) atoms. The first-order valence-electron chi connectivity index (χ1n) is 6.40. The lowest BCUT2D eigenvalue weighted by Gasteiger charge is -2.36. The number of rotatable bonds is 2. The Labute approximate surface area is 122 Å². The standard InChI is InChI=1S/C12H14ClN3O3S/c13-12-10(2-1-5-14-12)20(18,19)15-6-7-16-9(8-15)3-4-11(16)17/h1-2,5,9H,3-4,6-8H2. The van der Waals surface area contributed by atoms with Crippen LogP contribution in [0.15, 0.2) is 23.2 Å². The third kappa shape index (κ3) is 2.19. The number of piperazine rings is 1. The summed E-state index contributed by atoms with van der Waals surface area (Å²) in [4.78, 5) is 17.2. The molecule has 1 unspecified atom stereocenters. The van der Waals surface area contributed by atoms with Gasteiger partial charge >= 0.3 is 0 Å². The van der Waals surface area contributed by atoms with Crippen molar-refractivity contribution in [1.29, 1.82) is 0 Å². The highest BCUT2D eigenvalue weighted by Crippen LogP contribution is 2.28. The van der Waals surface area contributed by atoms with E-state index in [-0.39, 0.29) is 22.0 Å². The molecule has 0 radical (unpaired) electrons. The van der Waals surface area contributed by atoms with Gasteiger partial charge in [-0.3, -0.25) is 4.79 Å². The average Bonchev–Trinajstić information content (AvgIpc) is 2.80. The van der Waals surface area contributed by atoms with E-state index < -0.39 is 10.0 Å². The number of nitrogens with zero attached hydrogens (tertiary/aromatic N) is 3. The van der Waals surface area contributed by atoms with E-state index in [0.717, 1.165) is 0 Å². The van der Waals surface area contributed by atoms with Gasteiger partial charge in [-0.15, -0.1) is 0 Å². The van der Waals surface area contributed by atoms with E-state index in [2.05, 4.69) is 4.98 Å². The maximum atomic E-state index is 12.6. The molecule has 3 heterocycles. The fourth-order valence-corrected chi connectivity index (χ4v) is 4.65. The fourth-order valence-electron chi connectivity index (χ4n) is 2.76. The molecule has 2 saturated heterocycles. The molecule has 6 nitrogen and oxygen atoms in total. The molecule has 0 saturated carbocycles. The Morgan fingerprint density at radius 3 is 2.90 bits per heavy atom. The van der Waals surface area contributed by atoms with Crippen LogP contribution in [0.3, 0.4) is 0 Å². The molecule has 0 spiro atoms. The summed E-state index contributed by atoms with van der Waals surface area (Å²) in [6.45, 7) is 1.08. The summed E-state index contributed by atoms with van der Waals surface area (Å²) < 4.78 is 26.6. The molecule has 1 aromatic heterocycles. The summed E-state index contributed by atoms with van der Waals surface area (Å²) in [7, 11) is -3.65. The van der Waals surface area contributed by atoms with E-state index in [9.17, 15) is 13.2 Å². The summed E-state index contributed by atoms with van der Waals surface area (Å²) in [5.74, 6) is 0.117. The predicted molar refractivity (Wildman–Crippen MR) is 72.7 cm³/mol. The van der Waals surface area contributed by atoms with E-state index in [1.807, 2.05) is 0 Å². The third-order valence-electron chi connectivity index (χ3n) is 3.80. The van der Waals surface area contributed by atoms with Crippen molar-refractivity contribution in [3.05, 3.63) is 23.5 Å². The van der Waals surface area contributed by atoms with Crippen LogP contribution in [0.4, 0.5) is 0 Å². The lowest BCUT2D eigenvalue weighted by Crippen LogP contribution is -2.53. The SMILES string of the molecule is O=C1CCC2CN(S(=O)(=O)c3cccnc3Cl)CCN12. The molecule has 2 aliphatic rings. The Balaban J connectivity index is 1.87. The van der Waals surface area contributed by atoms with Crippen molar-refractivity contribution in [2.24, 2.45) is 0 Å². The highest BCUT2D eigenvalue weighted by atomic mass is 35.5. The molecule has 108 valence electrons. The van der Waals surface area contributed by atoms with Gasteiger partial charge in [0.25, 0.3) is 0 Å². The minimum atomic E-state index is -3.65. The lowest BCUT2D eigenvalue weighted by atomic mass is 10.2. The van der Waals surface area contributed by atoms with E-state index in [1.54, 1.807) is 11.0 Å². The zero-order chi connectivity index (χ0) is 14.3. The van der Waals surface area contributed by atoms with Crippen LogP contribution in [0.2, 0.25) is 5.15 Å². The van der Waals surface area contributed by atoms with Crippen LogP contribution in [0.25, 0.3) is 0 Å². The molecule has 1 atom stereocenters. The first-order chi connectivity index (χ1) is 9.50. The number of carbonyl (C=O) groups is 1. The lowest BCUT2D eigenvalue weighted by molar-refractivity contribution is -0.130. The van der Waals surface area contributed by atoms with Crippen LogP contribution in [0.1, 0.15) is 12.8 Å². The number of hydrogen-bond acceptors (Lipinski definition) is 4. The van der Waals surface area contributed by atoms with Crippen molar-refractivity contribution < 1.29 is 13.2 Å². The summed E-state index contributed by atoms with van der Waals surface area (Å²) in [5, 5.41) is -0.0163.